The van der Waals surface area contributed by atoms with Crippen LogP contribution in [-0.2, 0) is 4.79 Å². The van der Waals surface area contributed by atoms with Gasteiger partial charge in [0.05, 0.1) is 5.75 Å². The number of aromatic nitrogens is 4. The molecule has 9 heteroatoms. The molecule has 0 saturated heterocycles. The van der Waals surface area contributed by atoms with Gasteiger partial charge in [0.25, 0.3) is 5.56 Å². The van der Waals surface area contributed by atoms with Crippen molar-refractivity contribution in [3.05, 3.63) is 77.2 Å². The minimum Gasteiger partial charge on any atom is -0.280 e. The van der Waals surface area contributed by atoms with E-state index in [9.17, 15) is 9.59 Å². The molecule has 0 aliphatic rings. The Balaban J connectivity index is 1.58. The molecule has 2 aromatic heterocycles. The summed E-state index contributed by atoms with van der Waals surface area (Å²) in [5.74, 6) is 0.0845. The summed E-state index contributed by atoms with van der Waals surface area (Å²) in [5.41, 5.74) is 1.24. The summed E-state index contributed by atoms with van der Waals surface area (Å²) >= 11 is 2.50. The molecule has 0 N–H and O–H groups in total. The standard InChI is InChI=1S/C18H13N5O2S2/c24-15-11-19-20-17-23(15)21-18(27-17)26-12-16(25)22(13-7-3-1-4-8-13)14-9-5-2-6-10-14/h1-11H,12H2. The Morgan fingerprint density at radius 3 is 2.26 bits per heavy atom. The first-order chi connectivity index (χ1) is 13.2. The maximum absolute atomic E-state index is 13.0. The van der Waals surface area contributed by atoms with Gasteiger partial charge in [-0.3, -0.25) is 14.5 Å². The Kier molecular flexibility index (Phi) is 4.95. The molecule has 0 fully saturated rings. The molecule has 0 spiro atoms. The SMILES string of the molecule is O=C(CSc1nn2c(=O)cnnc2s1)N(c1ccccc1)c1ccccc1. The highest BCUT2D eigenvalue weighted by Gasteiger charge is 2.19. The highest BCUT2D eigenvalue weighted by molar-refractivity contribution is 8.01. The van der Waals surface area contributed by atoms with Crippen molar-refractivity contribution in [2.75, 3.05) is 10.7 Å². The zero-order valence-corrected chi connectivity index (χ0v) is 15.6. The Labute approximate surface area is 162 Å². The van der Waals surface area contributed by atoms with E-state index in [-0.39, 0.29) is 17.2 Å². The van der Waals surface area contributed by atoms with E-state index in [2.05, 4.69) is 15.3 Å². The van der Waals surface area contributed by atoms with Crippen LogP contribution in [0.2, 0.25) is 0 Å². The van der Waals surface area contributed by atoms with Crippen LogP contribution in [0.15, 0.2) is 76.0 Å². The van der Waals surface area contributed by atoms with Crippen molar-refractivity contribution >= 4 is 45.3 Å². The van der Waals surface area contributed by atoms with Crippen molar-refractivity contribution in [1.29, 1.82) is 0 Å². The fourth-order valence-corrected chi connectivity index (χ4v) is 4.23. The smallest absolute Gasteiger partial charge is 0.280 e. The van der Waals surface area contributed by atoms with Crippen molar-refractivity contribution in [2.24, 2.45) is 0 Å². The Hall–Kier alpha value is -3.04. The fourth-order valence-electron chi connectivity index (χ4n) is 2.49. The number of carbonyl (C=O) groups excluding carboxylic acids is 1. The summed E-state index contributed by atoms with van der Waals surface area (Å²) < 4.78 is 1.78. The van der Waals surface area contributed by atoms with Crippen LogP contribution in [0.1, 0.15) is 0 Å². The number of fused-ring (bicyclic) bond motifs is 1. The molecular formula is C18H13N5O2S2. The molecular weight excluding hydrogens is 382 g/mol. The van der Waals surface area contributed by atoms with Crippen LogP contribution in [0.5, 0.6) is 0 Å². The quantitative estimate of drug-likeness (QED) is 0.483. The van der Waals surface area contributed by atoms with Crippen LogP contribution in [-0.4, -0.2) is 31.5 Å². The normalized spacial score (nSPS) is 10.8. The average molecular weight is 395 g/mol. The van der Waals surface area contributed by atoms with Gasteiger partial charge < -0.3 is 0 Å². The first-order valence-electron chi connectivity index (χ1n) is 8.00. The molecule has 0 aliphatic carbocycles. The van der Waals surface area contributed by atoms with Gasteiger partial charge in [0, 0.05) is 11.4 Å². The number of carbonyl (C=O) groups is 1. The molecule has 0 aliphatic heterocycles. The summed E-state index contributed by atoms with van der Waals surface area (Å²) in [4.78, 5) is 26.8. The van der Waals surface area contributed by atoms with Crippen LogP contribution in [0.3, 0.4) is 0 Å². The molecule has 1 amide bonds. The number of para-hydroxylation sites is 2. The molecule has 0 unspecified atom stereocenters. The summed E-state index contributed by atoms with van der Waals surface area (Å²) in [7, 11) is 0. The van der Waals surface area contributed by atoms with Gasteiger partial charge >= 0.3 is 0 Å². The fraction of sp³-hybridized carbons (Fsp3) is 0.0556. The number of anilines is 2. The third kappa shape index (κ3) is 3.74. The second kappa shape index (κ2) is 7.68. The van der Waals surface area contributed by atoms with E-state index in [1.54, 1.807) is 4.90 Å². The summed E-state index contributed by atoms with van der Waals surface area (Å²) in [5, 5.41) is 11.7. The minimum atomic E-state index is -0.343. The highest BCUT2D eigenvalue weighted by atomic mass is 32.2. The van der Waals surface area contributed by atoms with Crippen molar-refractivity contribution in [2.45, 2.75) is 4.34 Å². The van der Waals surface area contributed by atoms with E-state index in [0.29, 0.717) is 9.30 Å². The lowest BCUT2D eigenvalue weighted by atomic mass is 10.2. The van der Waals surface area contributed by atoms with Crippen LogP contribution in [0, 0.1) is 0 Å². The van der Waals surface area contributed by atoms with Crippen LogP contribution in [0.25, 0.3) is 4.96 Å². The third-order valence-corrected chi connectivity index (χ3v) is 5.68. The maximum Gasteiger partial charge on any atom is 0.293 e. The van der Waals surface area contributed by atoms with Gasteiger partial charge in [0.15, 0.2) is 4.34 Å². The van der Waals surface area contributed by atoms with E-state index < -0.39 is 0 Å². The number of thioether (sulfide) groups is 1. The molecule has 4 rings (SSSR count). The zero-order chi connectivity index (χ0) is 18.6. The first kappa shape index (κ1) is 17.4. The molecule has 0 bridgehead atoms. The van der Waals surface area contributed by atoms with Crippen molar-refractivity contribution in [3.63, 3.8) is 0 Å². The van der Waals surface area contributed by atoms with Gasteiger partial charge in [0.2, 0.25) is 10.9 Å². The Morgan fingerprint density at radius 2 is 1.67 bits per heavy atom. The van der Waals surface area contributed by atoms with E-state index in [1.807, 2.05) is 60.7 Å². The van der Waals surface area contributed by atoms with Gasteiger partial charge in [-0.2, -0.15) is 9.61 Å². The number of rotatable bonds is 5. The predicted octanol–water partition coefficient (Wildman–Crippen LogP) is 3.00. The topological polar surface area (TPSA) is 80.5 Å². The van der Waals surface area contributed by atoms with Crippen molar-refractivity contribution in [1.82, 2.24) is 19.8 Å². The molecule has 0 saturated carbocycles. The average Bonchev–Trinajstić information content (AvgIpc) is 3.13. The lowest BCUT2D eigenvalue weighted by Crippen LogP contribution is -2.27. The molecule has 2 heterocycles. The summed E-state index contributed by atoms with van der Waals surface area (Å²) in [6.45, 7) is 0. The highest BCUT2D eigenvalue weighted by Crippen LogP contribution is 2.28. The number of benzene rings is 2. The second-order valence-corrected chi connectivity index (χ2v) is 7.61. The first-order valence-corrected chi connectivity index (χ1v) is 9.80. The summed E-state index contributed by atoms with van der Waals surface area (Å²) in [6.07, 6.45) is 1.11. The van der Waals surface area contributed by atoms with Crippen LogP contribution in [0.4, 0.5) is 11.4 Å². The van der Waals surface area contributed by atoms with Gasteiger partial charge in [-0.1, -0.05) is 59.5 Å². The monoisotopic (exact) mass is 395 g/mol. The molecule has 2 aromatic carbocycles. The Bertz CT molecular complexity index is 1090. The molecule has 7 nitrogen and oxygen atoms in total. The van der Waals surface area contributed by atoms with Crippen molar-refractivity contribution < 1.29 is 4.79 Å². The largest absolute Gasteiger partial charge is 0.293 e. The second-order valence-electron chi connectivity index (χ2n) is 5.43. The number of hydrogen-bond donors (Lipinski definition) is 0. The minimum absolute atomic E-state index is 0.0879. The Morgan fingerprint density at radius 1 is 1.04 bits per heavy atom. The lowest BCUT2D eigenvalue weighted by Gasteiger charge is -2.22. The maximum atomic E-state index is 13.0. The van der Waals surface area contributed by atoms with Crippen LogP contribution >= 0.6 is 23.1 Å². The van der Waals surface area contributed by atoms with Gasteiger partial charge in [-0.05, 0) is 24.3 Å². The summed E-state index contributed by atoms with van der Waals surface area (Å²) in [6, 6.07) is 19.0. The lowest BCUT2D eigenvalue weighted by molar-refractivity contribution is -0.115. The number of nitrogens with zero attached hydrogens (tertiary/aromatic N) is 5. The predicted molar refractivity (Wildman–Crippen MR) is 106 cm³/mol. The third-order valence-electron chi connectivity index (χ3n) is 3.66. The molecule has 4 aromatic rings. The molecule has 134 valence electrons. The van der Waals surface area contributed by atoms with E-state index in [0.717, 1.165) is 17.6 Å². The molecule has 27 heavy (non-hydrogen) atoms. The van der Waals surface area contributed by atoms with Gasteiger partial charge in [-0.15, -0.1) is 10.2 Å². The van der Waals surface area contributed by atoms with E-state index >= 15 is 0 Å². The zero-order valence-electron chi connectivity index (χ0n) is 13.9. The van der Waals surface area contributed by atoms with E-state index in [1.165, 1.54) is 27.6 Å². The van der Waals surface area contributed by atoms with Crippen LogP contribution < -0.4 is 10.5 Å². The molecule has 0 atom stereocenters. The van der Waals surface area contributed by atoms with Crippen molar-refractivity contribution in [3.8, 4) is 0 Å². The molecule has 0 radical (unpaired) electrons. The van der Waals surface area contributed by atoms with Gasteiger partial charge in [-0.25, -0.2) is 0 Å². The number of amides is 1. The van der Waals surface area contributed by atoms with Gasteiger partial charge in [0.1, 0.15) is 6.20 Å². The van der Waals surface area contributed by atoms with E-state index in [4.69, 9.17) is 0 Å². The number of hydrogen-bond acceptors (Lipinski definition) is 7.